The normalized spacial score (nSPS) is 15.4. The first kappa shape index (κ1) is 19.7. The minimum Gasteiger partial charge on any atom is -0.491 e. The van der Waals surface area contributed by atoms with E-state index in [-0.39, 0.29) is 12.2 Å². The van der Waals surface area contributed by atoms with Gasteiger partial charge >= 0.3 is 6.03 Å². The number of rotatable bonds is 5. The number of urea groups is 1. The molecule has 0 saturated carbocycles. The molecule has 0 bridgehead atoms. The first-order valence-electron chi connectivity index (χ1n) is 8.10. The van der Waals surface area contributed by atoms with E-state index in [0.29, 0.717) is 28.0 Å². The van der Waals surface area contributed by atoms with Gasteiger partial charge in [-0.2, -0.15) is 0 Å². The molecule has 1 fully saturated rings. The summed E-state index contributed by atoms with van der Waals surface area (Å²) in [5.74, 6) is -0.0225. The molecule has 1 saturated heterocycles. The number of carbonyl (C=O) groups is 2. The maximum atomic E-state index is 12.6. The fourth-order valence-corrected chi connectivity index (χ4v) is 3.48. The lowest BCUT2D eigenvalue weighted by atomic mass is 10.1. The molecule has 0 spiro atoms. The Kier molecular flexibility index (Phi) is 6.09. The minimum atomic E-state index is -0.475. The van der Waals surface area contributed by atoms with Crippen molar-refractivity contribution in [3.05, 3.63) is 67.7 Å². The summed E-state index contributed by atoms with van der Waals surface area (Å²) in [6.45, 7) is 2.44. The Morgan fingerprint density at radius 1 is 1.15 bits per heavy atom. The largest absolute Gasteiger partial charge is 0.491 e. The van der Waals surface area contributed by atoms with Gasteiger partial charge in [-0.3, -0.25) is 9.69 Å². The molecule has 2 aromatic carbocycles. The van der Waals surface area contributed by atoms with Crippen LogP contribution in [-0.2, 0) is 11.3 Å². The maximum Gasteiger partial charge on any atom is 0.329 e. The molecule has 1 aliphatic rings. The van der Waals surface area contributed by atoms with Crippen LogP contribution in [0.1, 0.15) is 18.1 Å². The fraction of sp³-hybridized carbons (Fsp3) is 0.158. The highest BCUT2D eigenvalue weighted by atomic mass is 79.9. The number of hydrogen-bond acceptors (Lipinski definition) is 3. The number of amides is 3. The second-order valence-corrected chi connectivity index (χ2v) is 7.48. The number of halogens is 3. The van der Waals surface area contributed by atoms with Gasteiger partial charge in [-0.25, -0.2) is 4.79 Å². The average Bonchev–Trinajstić information content (AvgIpc) is 2.87. The van der Waals surface area contributed by atoms with Crippen molar-refractivity contribution < 1.29 is 14.3 Å². The Bertz CT molecular complexity index is 906. The number of hydrogen-bond donors (Lipinski definition) is 1. The Balaban J connectivity index is 1.82. The van der Waals surface area contributed by atoms with E-state index in [1.807, 2.05) is 31.2 Å². The molecule has 0 radical (unpaired) electrons. The number of benzene rings is 2. The van der Waals surface area contributed by atoms with E-state index in [0.717, 1.165) is 14.9 Å². The summed E-state index contributed by atoms with van der Waals surface area (Å²) in [6.07, 6.45) is 1.54. The number of ether oxygens (including phenoxy) is 1. The molecule has 0 aliphatic carbocycles. The average molecular weight is 470 g/mol. The second-order valence-electron chi connectivity index (χ2n) is 5.75. The topological polar surface area (TPSA) is 58.6 Å². The summed E-state index contributed by atoms with van der Waals surface area (Å²) in [5, 5.41) is 3.25. The number of nitrogens with one attached hydrogen (secondary N) is 1. The molecule has 3 amide bonds. The lowest BCUT2D eigenvalue weighted by molar-refractivity contribution is -0.123. The van der Waals surface area contributed by atoms with Crippen LogP contribution in [0.4, 0.5) is 4.79 Å². The van der Waals surface area contributed by atoms with Crippen molar-refractivity contribution in [1.29, 1.82) is 0 Å². The number of nitrogens with zero attached hydrogens (tertiary/aromatic N) is 1. The van der Waals surface area contributed by atoms with E-state index in [1.54, 1.807) is 12.1 Å². The molecule has 8 heteroatoms. The lowest BCUT2D eigenvalue weighted by Gasteiger charge is -2.11. The Morgan fingerprint density at radius 2 is 1.78 bits per heavy atom. The van der Waals surface area contributed by atoms with E-state index in [1.165, 1.54) is 6.08 Å². The summed E-state index contributed by atoms with van der Waals surface area (Å²) in [4.78, 5) is 26.0. The third kappa shape index (κ3) is 4.46. The van der Waals surface area contributed by atoms with E-state index in [2.05, 4.69) is 21.2 Å². The first-order valence-corrected chi connectivity index (χ1v) is 9.64. The molecule has 1 aliphatic heterocycles. The van der Waals surface area contributed by atoms with Crippen LogP contribution in [0.5, 0.6) is 5.75 Å². The molecule has 3 rings (SSSR count). The zero-order valence-corrected chi connectivity index (χ0v) is 17.4. The standard InChI is InChI=1S/C19H15BrCl2N2O3/c1-2-27-17-14(21)7-12(8-15(17)22)9-16-18(25)24(19(26)23-16)10-11-3-5-13(20)6-4-11/h3-9H,2,10H2,1H3,(H,23,26). The van der Waals surface area contributed by atoms with Crippen LogP contribution in [0.2, 0.25) is 10.0 Å². The van der Waals surface area contributed by atoms with Gasteiger partial charge in [0.1, 0.15) is 5.70 Å². The van der Waals surface area contributed by atoms with Gasteiger partial charge in [0.05, 0.1) is 23.2 Å². The van der Waals surface area contributed by atoms with Crippen molar-refractivity contribution in [3.63, 3.8) is 0 Å². The quantitative estimate of drug-likeness (QED) is 0.480. The van der Waals surface area contributed by atoms with E-state index < -0.39 is 11.9 Å². The Hall–Kier alpha value is -2.02. The van der Waals surface area contributed by atoms with Gasteiger partial charge in [0.25, 0.3) is 5.91 Å². The van der Waals surface area contributed by atoms with Crippen molar-refractivity contribution in [2.75, 3.05) is 6.61 Å². The van der Waals surface area contributed by atoms with Crippen LogP contribution < -0.4 is 10.1 Å². The number of carbonyl (C=O) groups excluding carboxylic acids is 2. The SMILES string of the molecule is CCOc1c(Cl)cc(C=C2NC(=O)N(Cc3ccc(Br)cc3)C2=O)cc1Cl. The summed E-state index contributed by atoms with van der Waals surface area (Å²) >= 11 is 15.7. The molecule has 2 aromatic rings. The van der Waals surface area contributed by atoms with E-state index in [9.17, 15) is 9.59 Å². The zero-order valence-electron chi connectivity index (χ0n) is 14.3. The van der Waals surface area contributed by atoms with Crippen LogP contribution in [0.25, 0.3) is 6.08 Å². The summed E-state index contributed by atoms with van der Waals surface area (Å²) < 4.78 is 6.31. The third-order valence-corrected chi connectivity index (χ3v) is 4.93. The van der Waals surface area contributed by atoms with Crippen LogP contribution >= 0.6 is 39.1 Å². The third-order valence-electron chi connectivity index (χ3n) is 3.84. The van der Waals surface area contributed by atoms with Crippen molar-refractivity contribution >= 4 is 57.1 Å². The molecule has 0 unspecified atom stereocenters. The molecular weight excluding hydrogens is 455 g/mol. The van der Waals surface area contributed by atoms with Gasteiger partial charge in [-0.1, -0.05) is 51.3 Å². The molecule has 27 heavy (non-hydrogen) atoms. The van der Waals surface area contributed by atoms with Crippen LogP contribution in [0.15, 0.2) is 46.6 Å². The van der Waals surface area contributed by atoms with Gasteiger partial charge in [-0.05, 0) is 48.4 Å². The summed E-state index contributed by atoms with van der Waals surface area (Å²) in [7, 11) is 0. The van der Waals surface area contributed by atoms with E-state index >= 15 is 0 Å². The van der Waals surface area contributed by atoms with E-state index in [4.69, 9.17) is 27.9 Å². The molecule has 1 heterocycles. The first-order chi connectivity index (χ1) is 12.9. The van der Waals surface area contributed by atoms with Gasteiger partial charge in [0.15, 0.2) is 5.75 Å². The molecular formula is C19H15BrCl2N2O3. The highest BCUT2D eigenvalue weighted by Crippen LogP contribution is 2.35. The van der Waals surface area contributed by atoms with Crippen LogP contribution in [0, 0.1) is 0 Å². The minimum absolute atomic E-state index is 0.161. The number of imide groups is 1. The highest BCUT2D eigenvalue weighted by Gasteiger charge is 2.33. The lowest BCUT2D eigenvalue weighted by Crippen LogP contribution is -2.30. The van der Waals surface area contributed by atoms with Gasteiger partial charge < -0.3 is 10.1 Å². The Labute approximate surface area is 175 Å². The second kappa shape index (κ2) is 8.33. The highest BCUT2D eigenvalue weighted by molar-refractivity contribution is 9.10. The van der Waals surface area contributed by atoms with Crippen LogP contribution in [0.3, 0.4) is 0 Å². The molecule has 0 aromatic heterocycles. The molecule has 0 atom stereocenters. The van der Waals surface area contributed by atoms with Crippen molar-refractivity contribution in [2.24, 2.45) is 0 Å². The summed E-state index contributed by atoms with van der Waals surface area (Å²) in [5.41, 5.74) is 1.59. The molecule has 1 N–H and O–H groups in total. The van der Waals surface area contributed by atoms with Crippen molar-refractivity contribution in [2.45, 2.75) is 13.5 Å². The molecule has 140 valence electrons. The maximum absolute atomic E-state index is 12.6. The smallest absolute Gasteiger partial charge is 0.329 e. The predicted molar refractivity (Wildman–Crippen MR) is 109 cm³/mol. The van der Waals surface area contributed by atoms with Crippen molar-refractivity contribution in [3.8, 4) is 5.75 Å². The summed E-state index contributed by atoms with van der Waals surface area (Å²) in [6, 6.07) is 10.2. The van der Waals surface area contributed by atoms with Gasteiger partial charge in [0.2, 0.25) is 0 Å². The Morgan fingerprint density at radius 3 is 2.37 bits per heavy atom. The van der Waals surface area contributed by atoms with Gasteiger partial charge in [-0.15, -0.1) is 0 Å². The van der Waals surface area contributed by atoms with Crippen LogP contribution in [-0.4, -0.2) is 23.4 Å². The molecule has 5 nitrogen and oxygen atoms in total. The fourth-order valence-electron chi connectivity index (χ4n) is 2.60. The zero-order chi connectivity index (χ0) is 19.6. The monoisotopic (exact) mass is 468 g/mol. The van der Waals surface area contributed by atoms with Gasteiger partial charge in [0, 0.05) is 4.47 Å². The predicted octanol–water partition coefficient (Wildman–Crippen LogP) is 5.25. The van der Waals surface area contributed by atoms with Crippen molar-refractivity contribution in [1.82, 2.24) is 10.2 Å².